The van der Waals surface area contributed by atoms with Crippen LogP contribution in [0.5, 0.6) is 0 Å². The molecule has 0 spiro atoms. The minimum atomic E-state index is -0.667. The van der Waals surface area contributed by atoms with Crippen LogP contribution in [0.4, 0.5) is 5.69 Å². The zero-order valence-corrected chi connectivity index (χ0v) is 15.0. The molecule has 1 unspecified atom stereocenters. The number of piperidine rings is 1. The fourth-order valence-corrected chi connectivity index (χ4v) is 3.70. The summed E-state index contributed by atoms with van der Waals surface area (Å²) in [6, 6.07) is 7.93. The summed E-state index contributed by atoms with van der Waals surface area (Å²) in [5.74, 6) is 0.149. The molecular weight excluding hydrogens is 318 g/mol. The standard InChI is InChI=1S/C19H29N3O3/c1-20-10-12-21(13-11-20)17-4-2-16(3-5-17)19(25)22-8-6-15(7-9-22)18(24)14-23/h2-5,15,18,23-24H,6-14H2,1H3. The van der Waals surface area contributed by atoms with Crippen molar-refractivity contribution in [3.8, 4) is 0 Å². The molecule has 1 amide bonds. The van der Waals surface area contributed by atoms with E-state index in [1.165, 1.54) is 5.69 Å². The summed E-state index contributed by atoms with van der Waals surface area (Å²) < 4.78 is 0. The van der Waals surface area contributed by atoms with Gasteiger partial charge >= 0.3 is 0 Å². The molecule has 1 aromatic rings. The molecule has 2 heterocycles. The third-order valence-corrected chi connectivity index (χ3v) is 5.54. The average molecular weight is 347 g/mol. The van der Waals surface area contributed by atoms with Gasteiger partial charge in [0.1, 0.15) is 0 Å². The lowest BCUT2D eigenvalue weighted by molar-refractivity contribution is 0.0179. The number of hydrogen-bond donors (Lipinski definition) is 2. The van der Waals surface area contributed by atoms with Gasteiger partial charge in [-0.3, -0.25) is 4.79 Å². The van der Waals surface area contributed by atoms with E-state index in [0.29, 0.717) is 13.1 Å². The number of likely N-dealkylation sites (N-methyl/N-ethyl adjacent to an activating group) is 1. The topological polar surface area (TPSA) is 67.2 Å². The highest BCUT2D eigenvalue weighted by Gasteiger charge is 2.27. The molecule has 25 heavy (non-hydrogen) atoms. The predicted molar refractivity (Wildman–Crippen MR) is 97.9 cm³/mol. The first kappa shape index (κ1) is 18.2. The Morgan fingerprint density at radius 1 is 1.08 bits per heavy atom. The number of amides is 1. The highest BCUT2D eigenvalue weighted by molar-refractivity contribution is 5.94. The van der Waals surface area contributed by atoms with Crippen LogP contribution < -0.4 is 4.90 Å². The molecule has 2 fully saturated rings. The van der Waals surface area contributed by atoms with Crippen LogP contribution in [-0.4, -0.2) is 84.9 Å². The van der Waals surface area contributed by atoms with E-state index in [4.69, 9.17) is 5.11 Å². The van der Waals surface area contributed by atoms with Crippen molar-refractivity contribution in [3.63, 3.8) is 0 Å². The second-order valence-electron chi connectivity index (χ2n) is 7.22. The van der Waals surface area contributed by atoms with Gasteiger partial charge in [0, 0.05) is 50.5 Å². The minimum Gasteiger partial charge on any atom is -0.394 e. The van der Waals surface area contributed by atoms with E-state index in [1.807, 2.05) is 29.2 Å². The maximum absolute atomic E-state index is 12.7. The van der Waals surface area contributed by atoms with Gasteiger partial charge in [-0.2, -0.15) is 0 Å². The Kier molecular flexibility index (Phi) is 5.93. The molecule has 0 saturated carbocycles. The first-order valence-electron chi connectivity index (χ1n) is 9.20. The Labute approximate surface area is 149 Å². The first-order chi connectivity index (χ1) is 12.1. The van der Waals surface area contributed by atoms with Gasteiger partial charge in [-0.25, -0.2) is 0 Å². The van der Waals surface area contributed by atoms with Gasteiger partial charge in [0.25, 0.3) is 5.91 Å². The number of carbonyl (C=O) groups is 1. The molecule has 0 aromatic heterocycles. The molecule has 2 aliphatic heterocycles. The number of rotatable bonds is 4. The number of piperazine rings is 1. The van der Waals surface area contributed by atoms with Gasteiger partial charge in [-0.1, -0.05) is 0 Å². The largest absolute Gasteiger partial charge is 0.394 e. The fourth-order valence-electron chi connectivity index (χ4n) is 3.70. The third kappa shape index (κ3) is 4.32. The van der Waals surface area contributed by atoms with Crippen molar-refractivity contribution in [3.05, 3.63) is 29.8 Å². The van der Waals surface area contributed by atoms with E-state index in [0.717, 1.165) is 44.6 Å². The lowest BCUT2D eigenvalue weighted by Gasteiger charge is -2.35. The number of aliphatic hydroxyl groups is 2. The van der Waals surface area contributed by atoms with Crippen molar-refractivity contribution in [2.45, 2.75) is 18.9 Å². The van der Waals surface area contributed by atoms with E-state index in [1.54, 1.807) is 0 Å². The second-order valence-corrected chi connectivity index (χ2v) is 7.22. The van der Waals surface area contributed by atoms with E-state index in [9.17, 15) is 9.90 Å². The van der Waals surface area contributed by atoms with Crippen LogP contribution in [0.3, 0.4) is 0 Å². The summed E-state index contributed by atoms with van der Waals surface area (Å²) in [5, 5.41) is 18.8. The Hall–Kier alpha value is -1.63. The maximum Gasteiger partial charge on any atom is 0.253 e. The zero-order chi connectivity index (χ0) is 17.8. The van der Waals surface area contributed by atoms with E-state index < -0.39 is 6.10 Å². The van der Waals surface area contributed by atoms with E-state index in [-0.39, 0.29) is 18.4 Å². The summed E-state index contributed by atoms with van der Waals surface area (Å²) >= 11 is 0. The van der Waals surface area contributed by atoms with Crippen LogP contribution in [0.15, 0.2) is 24.3 Å². The zero-order valence-electron chi connectivity index (χ0n) is 15.0. The summed E-state index contributed by atoms with van der Waals surface area (Å²) in [6.07, 6.45) is 0.819. The minimum absolute atomic E-state index is 0.0573. The normalized spacial score (nSPS) is 21.4. The SMILES string of the molecule is CN1CCN(c2ccc(C(=O)N3CCC(C(O)CO)CC3)cc2)CC1. The molecular formula is C19H29N3O3. The molecule has 2 saturated heterocycles. The van der Waals surface area contributed by atoms with Gasteiger partial charge in [-0.05, 0) is 50.1 Å². The highest BCUT2D eigenvalue weighted by Crippen LogP contribution is 2.23. The number of likely N-dealkylation sites (tertiary alicyclic amines) is 1. The Morgan fingerprint density at radius 3 is 2.24 bits per heavy atom. The number of aliphatic hydroxyl groups excluding tert-OH is 2. The van der Waals surface area contributed by atoms with Crippen LogP contribution in [0.1, 0.15) is 23.2 Å². The monoisotopic (exact) mass is 347 g/mol. The van der Waals surface area contributed by atoms with Crippen LogP contribution in [0, 0.1) is 5.92 Å². The smallest absolute Gasteiger partial charge is 0.253 e. The van der Waals surface area contributed by atoms with Crippen LogP contribution in [0.2, 0.25) is 0 Å². The molecule has 6 nitrogen and oxygen atoms in total. The number of hydrogen-bond acceptors (Lipinski definition) is 5. The summed E-state index contributed by atoms with van der Waals surface area (Å²) in [7, 11) is 2.14. The lowest BCUT2D eigenvalue weighted by Crippen LogP contribution is -2.44. The Bertz CT molecular complexity index is 562. The van der Waals surface area contributed by atoms with Gasteiger partial charge in [0.15, 0.2) is 0 Å². The molecule has 1 atom stereocenters. The van der Waals surface area contributed by atoms with Gasteiger partial charge in [0.2, 0.25) is 0 Å². The van der Waals surface area contributed by atoms with Crippen molar-refractivity contribution in [2.75, 3.05) is 57.8 Å². The molecule has 3 rings (SSSR count). The van der Waals surface area contributed by atoms with E-state index in [2.05, 4.69) is 16.8 Å². The van der Waals surface area contributed by atoms with Crippen LogP contribution in [0.25, 0.3) is 0 Å². The van der Waals surface area contributed by atoms with Crippen LogP contribution in [-0.2, 0) is 0 Å². The first-order valence-corrected chi connectivity index (χ1v) is 9.20. The average Bonchev–Trinajstić information content (AvgIpc) is 2.67. The van der Waals surface area contributed by atoms with Crippen molar-refractivity contribution < 1.29 is 15.0 Å². The Morgan fingerprint density at radius 2 is 1.68 bits per heavy atom. The van der Waals surface area contributed by atoms with Crippen molar-refractivity contribution in [1.82, 2.24) is 9.80 Å². The predicted octanol–water partition coefficient (Wildman–Crippen LogP) is 0.644. The number of nitrogens with zero attached hydrogens (tertiary/aromatic N) is 3. The number of carbonyl (C=O) groups excluding carboxylic acids is 1. The molecule has 0 aliphatic carbocycles. The molecule has 0 radical (unpaired) electrons. The third-order valence-electron chi connectivity index (χ3n) is 5.54. The van der Waals surface area contributed by atoms with Crippen molar-refractivity contribution in [1.29, 1.82) is 0 Å². The molecule has 0 bridgehead atoms. The van der Waals surface area contributed by atoms with Gasteiger partial charge < -0.3 is 24.9 Å². The second kappa shape index (κ2) is 8.17. The maximum atomic E-state index is 12.7. The summed E-state index contributed by atoms with van der Waals surface area (Å²) in [6.45, 7) is 5.24. The molecule has 138 valence electrons. The van der Waals surface area contributed by atoms with Gasteiger partial charge in [-0.15, -0.1) is 0 Å². The fraction of sp³-hybridized carbons (Fsp3) is 0.632. The molecule has 2 aliphatic rings. The number of benzene rings is 1. The molecule has 6 heteroatoms. The molecule has 2 N–H and O–H groups in total. The van der Waals surface area contributed by atoms with Gasteiger partial charge in [0.05, 0.1) is 12.7 Å². The van der Waals surface area contributed by atoms with Crippen molar-refractivity contribution in [2.24, 2.45) is 5.92 Å². The highest BCUT2D eigenvalue weighted by atomic mass is 16.3. The number of anilines is 1. The summed E-state index contributed by atoms with van der Waals surface area (Å²) in [5.41, 5.74) is 1.90. The lowest BCUT2D eigenvalue weighted by atomic mass is 9.91. The molecule has 1 aromatic carbocycles. The summed E-state index contributed by atoms with van der Waals surface area (Å²) in [4.78, 5) is 19.2. The van der Waals surface area contributed by atoms with Crippen molar-refractivity contribution >= 4 is 11.6 Å². The van der Waals surface area contributed by atoms with E-state index >= 15 is 0 Å². The quantitative estimate of drug-likeness (QED) is 0.837. The van der Waals surface area contributed by atoms with Crippen LogP contribution >= 0.6 is 0 Å². The Balaban J connectivity index is 1.56.